The number of carbonyl (C=O) groups excluding carboxylic acids is 3. The molecule has 11 heteroatoms. The van der Waals surface area contributed by atoms with E-state index < -0.39 is 48.4 Å². The molecule has 0 aromatic carbocycles. The lowest BCUT2D eigenvalue weighted by atomic mass is 10.0. The Morgan fingerprint density at radius 2 is 1.70 bits per heavy atom. The number of carboxylic acids is 1. The van der Waals surface area contributed by atoms with E-state index in [-0.39, 0.29) is 18.9 Å². The van der Waals surface area contributed by atoms with Crippen molar-refractivity contribution in [3.8, 4) is 0 Å². The zero-order valence-electron chi connectivity index (χ0n) is 15.9. The average molecular weight is 407 g/mol. The number of carboxylic acid groups (broad SMARTS) is 1. The van der Waals surface area contributed by atoms with Gasteiger partial charge in [-0.3, -0.25) is 14.4 Å². The number of carbonyl (C=O) groups is 4. The van der Waals surface area contributed by atoms with Crippen LogP contribution in [0.3, 0.4) is 0 Å². The Labute approximate surface area is 163 Å². The molecule has 0 spiro atoms. The van der Waals surface area contributed by atoms with Gasteiger partial charge in [0.25, 0.3) is 0 Å². The number of aliphatic hydroxyl groups excluding tert-OH is 1. The molecule has 0 heterocycles. The monoisotopic (exact) mass is 406 g/mol. The van der Waals surface area contributed by atoms with Crippen LogP contribution in [0.15, 0.2) is 0 Å². The Bertz CT molecular complexity index is 517. The highest BCUT2D eigenvalue weighted by Gasteiger charge is 2.27. The first kappa shape index (κ1) is 25.1. The SMILES string of the molecule is CSCCC(N)C(=O)NCC(=O)NC(CC(C)C)C(=O)NC(CO)C(=O)O. The zero-order valence-corrected chi connectivity index (χ0v) is 16.7. The fraction of sp³-hybridized carbons (Fsp3) is 0.750. The summed E-state index contributed by atoms with van der Waals surface area (Å²) in [7, 11) is 0. The fourth-order valence-corrected chi connectivity index (χ4v) is 2.57. The van der Waals surface area contributed by atoms with Crippen molar-refractivity contribution >= 4 is 35.5 Å². The molecule has 0 rings (SSSR count). The molecule has 0 aliphatic heterocycles. The Hall–Kier alpha value is -1.85. The number of aliphatic hydroxyl groups is 1. The molecule has 0 radical (unpaired) electrons. The van der Waals surface area contributed by atoms with Gasteiger partial charge in [0.1, 0.15) is 12.1 Å². The molecule has 0 fully saturated rings. The van der Waals surface area contributed by atoms with Crippen LogP contribution in [-0.4, -0.2) is 77.2 Å². The third-order valence-electron chi connectivity index (χ3n) is 3.55. The van der Waals surface area contributed by atoms with E-state index in [0.717, 1.165) is 0 Å². The summed E-state index contributed by atoms with van der Waals surface area (Å²) in [6, 6.07) is -3.17. The van der Waals surface area contributed by atoms with Crippen LogP contribution in [0.5, 0.6) is 0 Å². The van der Waals surface area contributed by atoms with Gasteiger partial charge >= 0.3 is 5.97 Å². The van der Waals surface area contributed by atoms with Crippen LogP contribution in [0.2, 0.25) is 0 Å². The maximum atomic E-state index is 12.2. The molecule has 0 saturated carbocycles. The summed E-state index contributed by atoms with van der Waals surface area (Å²) in [4.78, 5) is 47.0. The van der Waals surface area contributed by atoms with Gasteiger partial charge in [-0.05, 0) is 30.8 Å². The van der Waals surface area contributed by atoms with E-state index in [2.05, 4.69) is 16.0 Å². The van der Waals surface area contributed by atoms with Crippen LogP contribution in [0.4, 0.5) is 0 Å². The molecule has 0 aliphatic rings. The maximum Gasteiger partial charge on any atom is 0.328 e. The Morgan fingerprint density at radius 1 is 1.07 bits per heavy atom. The molecule has 0 saturated heterocycles. The van der Waals surface area contributed by atoms with Crippen molar-refractivity contribution in [2.45, 2.75) is 44.8 Å². The second-order valence-corrected chi connectivity index (χ2v) is 7.42. The summed E-state index contributed by atoms with van der Waals surface area (Å²) in [5.41, 5.74) is 5.70. The topological polar surface area (TPSA) is 171 Å². The molecule has 3 atom stereocenters. The summed E-state index contributed by atoms with van der Waals surface area (Å²) in [5.74, 6) is -2.42. The quantitative estimate of drug-likeness (QED) is 0.210. The molecule has 0 aromatic heterocycles. The van der Waals surface area contributed by atoms with Crippen molar-refractivity contribution in [2.75, 3.05) is 25.2 Å². The number of nitrogens with one attached hydrogen (secondary N) is 3. The summed E-state index contributed by atoms with van der Waals surface area (Å²) in [5, 5.41) is 25.0. The van der Waals surface area contributed by atoms with E-state index >= 15 is 0 Å². The van der Waals surface area contributed by atoms with E-state index in [1.165, 1.54) is 0 Å². The number of thioether (sulfide) groups is 1. The maximum absolute atomic E-state index is 12.2. The van der Waals surface area contributed by atoms with Crippen molar-refractivity contribution < 1.29 is 29.4 Å². The molecule has 156 valence electrons. The fourth-order valence-electron chi connectivity index (χ4n) is 2.08. The van der Waals surface area contributed by atoms with Gasteiger partial charge in [-0.2, -0.15) is 11.8 Å². The Kier molecular flexibility index (Phi) is 12.4. The van der Waals surface area contributed by atoms with Gasteiger partial charge < -0.3 is 31.9 Å². The number of hydrogen-bond donors (Lipinski definition) is 6. The molecule has 0 bridgehead atoms. The van der Waals surface area contributed by atoms with Crippen molar-refractivity contribution in [2.24, 2.45) is 11.7 Å². The van der Waals surface area contributed by atoms with Crippen LogP contribution >= 0.6 is 11.8 Å². The smallest absolute Gasteiger partial charge is 0.328 e. The highest BCUT2D eigenvalue weighted by molar-refractivity contribution is 7.98. The molecule has 10 nitrogen and oxygen atoms in total. The van der Waals surface area contributed by atoms with Crippen LogP contribution in [0.1, 0.15) is 26.7 Å². The standard InChI is InChI=1S/C16H30N4O6S/c1-9(2)6-11(15(24)20-12(8-21)16(25)26)19-13(22)7-18-14(23)10(17)4-5-27-3/h9-12,21H,4-8,17H2,1-3H3,(H,18,23)(H,19,22)(H,20,24)(H,25,26). The first-order chi connectivity index (χ1) is 12.6. The molecule has 27 heavy (non-hydrogen) atoms. The zero-order chi connectivity index (χ0) is 21.0. The summed E-state index contributed by atoms with van der Waals surface area (Å²) in [6.07, 6.45) is 2.63. The minimum atomic E-state index is -1.46. The van der Waals surface area contributed by atoms with E-state index in [1.807, 2.05) is 20.1 Å². The first-order valence-electron chi connectivity index (χ1n) is 8.57. The second kappa shape index (κ2) is 13.3. The minimum absolute atomic E-state index is 0.0352. The predicted molar refractivity (Wildman–Crippen MR) is 102 cm³/mol. The summed E-state index contributed by atoms with van der Waals surface area (Å²) >= 11 is 1.55. The van der Waals surface area contributed by atoms with Gasteiger partial charge in [-0.1, -0.05) is 13.8 Å². The average Bonchev–Trinajstić information content (AvgIpc) is 2.60. The Balaban J connectivity index is 4.70. The van der Waals surface area contributed by atoms with E-state index in [1.54, 1.807) is 11.8 Å². The molecular weight excluding hydrogens is 376 g/mol. The van der Waals surface area contributed by atoms with Gasteiger partial charge in [0.15, 0.2) is 0 Å². The van der Waals surface area contributed by atoms with E-state index in [9.17, 15) is 19.2 Å². The van der Waals surface area contributed by atoms with Crippen molar-refractivity contribution in [3.05, 3.63) is 0 Å². The largest absolute Gasteiger partial charge is 0.480 e. The molecule has 7 N–H and O–H groups in total. The van der Waals surface area contributed by atoms with Gasteiger partial charge in [-0.25, -0.2) is 4.79 Å². The first-order valence-corrected chi connectivity index (χ1v) is 9.97. The van der Waals surface area contributed by atoms with Gasteiger partial charge in [0, 0.05) is 0 Å². The third kappa shape index (κ3) is 10.8. The van der Waals surface area contributed by atoms with E-state index in [4.69, 9.17) is 15.9 Å². The highest BCUT2D eigenvalue weighted by atomic mass is 32.2. The van der Waals surface area contributed by atoms with Crippen molar-refractivity contribution in [1.82, 2.24) is 16.0 Å². The summed E-state index contributed by atoms with van der Waals surface area (Å²) in [6.45, 7) is 2.54. The van der Waals surface area contributed by atoms with E-state index in [0.29, 0.717) is 12.2 Å². The molecule has 3 unspecified atom stereocenters. The van der Waals surface area contributed by atoms with Crippen LogP contribution < -0.4 is 21.7 Å². The number of rotatable bonds is 13. The second-order valence-electron chi connectivity index (χ2n) is 6.44. The van der Waals surface area contributed by atoms with Crippen LogP contribution in [-0.2, 0) is 19.2 Å². The van der Waals surface area contributed by atoms with Crippen molar-refractivity contribution in [3.63, 3.8) is 0 Å². The molecular formula is C16H30N4O6S. The number of aliphatic carboxylic acids is 1. The third-order valence-corrected chi connectivity index (χ3v) is 4.19. The van der Waals surface area contributed by atoms with Crippen LogP contribution in [0, 0.1) is 5.92 Å². The molecule has 0 aromatic rings. The van der Waals surface area contributed by atoms with Gasteiger partial charge in [0.05, 0.1) is 19.2 Å². The normalized spacial score (nSPS) is 14.1. The minimum Gasteiger partial charge on any atom is -0.480 e. The lowest BCUT2D eigenvalue weighted by Gasteiger charge is -2.22. The lowest BCUT2D eigenvalue weighted by molar-refractivity contribution is -0.143. The Morgan fingerprint density at radius 3 is 2.19 bits per heavy atom. The summed E-state index contributed by atoms with van der Waals surface area (Å²) < 4.78 is 0. The number of hydrogen-bond acceptors (Lipinski definition) is 7. The molecule has 0 aliphatic carbocycles. The highest BCUT2D eigenvalue weighted by Crippen LogP contribution is 2.05. The lowest BCUT2D eigenvalue weighted by Crippen LogP contribution is -2.54. The van der Waals surface area contributed by atoms with Gasteiger partial charge in [0.2, 0.25) is 17.7 Å². The predicted octanol–water partition coefficient (Wildman–Crippen LogP) is -1.72. The van der Waals surface area contributed by atoms with Gasteiger partial charge in [-0.15, -0.1) is 0 Å². The van der Waals surface area contributed by atoms with Crippen molar-refractivity contribution in [1.29, 1.82) is 0 Å². The number of nitrogens with two attached hydrogens (primary N) is 1. The van der Waals surface area contributed by atoms with Crippen LogP contribution in [0.25, 0.3) is 0 Å². The molecule has 3 amide bonds. The number of amides is 3.